The molecular formula is C12H12O3. The second-order valence-electron chi connectivity index (χ2n) is 3.72. The maximum absolute atomic E-state index is 11.4. The first-order valence-electron chi connectivity index (χ1n) is 4.91. The van der Waals surface area contributed by atoms with Gasteiger partial charge in [-0.1, -0.05) is 30.3 Å². The molecule has 1 aromatic rings. The molecule has 0 bridgehead atoms. The number of ketones is 1. The van der Waals surface area contributed by atoms with E-state index in [0.29, 0.717) is 0 Å². The van der Waals surface area contributed by atoms with Crippen LogP contribution in [-0.4, -0.2) is 18.9 Å². The van der Waals surface area contributed by atoms with Gasteiger partial charge in [0.1, 0.15) is 0 Å². The molecule has 0 N–H and O–H groups in total. The van der Waals surface area contributed by atoms with Gasteiger partial charge in [-0.2, -0.15) is 0 Å². The lowest BCUT2D eigenvalue weighted by molar-refractivity contribution is -0.152. The maximum Gasteiger partial charge on any atom is 0.374 e. The van der Waals surface area contributed by atoms with Crippen molar-refractivity contribution in [3.8, 4) is 0 Å². The Morgan fingerprint density at radius 3 is 2.53 bits per heavy atom. The molecule has 1 fully saturated rings. The highest BCUT2D eigenvalue weighted by Gasteiger charge is 2.46. The summed E-state index contributed by atoms with van der Waals surface area (Å²) in [5, 5.41) is 0. The second-order valence-corrected chi connectivity index (χ2v) is 3.72. The van der Waals surface area contributed by atoms with Gasteiger partial charge in [0, 0.05) is 5.92 Å². The van der Waals surface area contributed by atoms with Crippen molar-refractivity contribution in [2.24, 2.45) is 5.92 Å². The van der Waals surface area contributed by atoms with Crippen molar-refractivity contribution in [3.63, 3.8) is 0 Å². The molecule has 1 unspecified atom stereocenters. The van der Waals surface area contributed by atoms with Crippen LogP contribution in [0.1, 0.15) is 17.9 Å². The van der Waals surface area contributed by atoms with Gasteiger partial charge in [0.05, 0.1) is 7.11 Å². The third-order valence-corrected chi connectivity index (χ3v) is 2.74. The molecule has 1 aromatic carbocycles. The predicted octanol–water partition coefficient (Wildman–Crippen LogP) is 1.53. The van der Waals surface area contributed by atoms with Crippen molar-refractivity contribution in [2.45, 2.75) is 12.3 Å². The average Bonchev–Trinajstić information content (AvgIpc) is 3.08. The minimum Gasteiger partial charge on any atom is -0.463 e. The van der Waals surface area contributed by atoms with E-state index in [-0.39, 0.29) is 11.8 Å². The molecule has 3 nitrogen and oxygen atoms in total. The Kier molecular flexibility index (Phi) is 2.54. The summed E-state index contributed by atoms with van der Waals surface area (Å²) >= 11 is 0. The van der Waals surface area contributed by atoms with Crippen molar-refractivity contribution >= 4 is 11.8 Å². The molecule has 78 valence electrons. The van der Waals surface area contributed by atoms with Gasteiger partial charge in [-0.3, -0.25) is 4.79 Å². The van der Waals surface area contributed by atoms with Crippen LogP contribution in [-0.2, 0) is 14.3 Å². The average molecular weight is 204 g/mol. The highest BCUT2D eigenvalue weighted by molar-refractivity contribution is 6.35. The number of esters is 1. The van der Waals surface area contributed by atoms with Gasteiger partial charge in [0.15, 0.2) is 0 Å². The summed E-state index contributed by atoms with van der Waals surface area (Å²) in [4.78, 5) is 22.4. The van der Waals surface area contributed by atoms with Crippen molar-refractivity contribution in [1.29, 1.82) is 0 Å². The lowest BCUT2D eigenvalue weighted by Gasteiger charge is -1.98. The van der Waals surface area contributed by atoms with Crippen LogP contribution in [0.15, 0.2) is 30.3 Å². The highest BCUT2D eigenvalue weighted by atomic mass is 16.5. The van der Waals surface area contributed by atoms with E-state index < -0.39 is 11.8 Å². The van der Waals surface area contributed by atoms with Crippen LogP contribution >= 0.6 is 0 Å². The number of hydrogen-bond donors (Lipinski definition) is 0. The molecule has 0 radical (unpaired) electrons. The van der Waals surface area contributed by atoms with Crippen molar-refractivity contribution in [2.75, 3.05) is 7.11 Å². The zero-order valence-electron chi connectivity index (χ0n) is 8.47. The summed E-state index contributed by atoms with van der Waals surface area (Å²) in [6.07, 6.45) is 0.762. The molecule has 0 aromatic heterocycles. The molecule has 0 spiro atoms. The smallest absolute Gasteiger partial charge is 0.374 e. The Hall–Kier alpha value is -1.64. The molecule has 0 aliphatic heterocycles. The first-order chi connectivity index (χ1) is 7.24. The summed E-state index contributed by atoms with van der Waals surface area (Å²) in [5.41, 5.74) is 1.12. The first kappa shape index (κ1) is 9.90. The van der Waals surface area contributed by atoms with Gasteiger partial charge in [0.2, 0.25) is 5.78 Å². The maximum atomic E-state index is 11.4. The Morgan fingerprint density at radius 1 is 1.27 bits per heavy atom. The van der Waals surface area contributed by atoms with Crippen molar-refractivity contribution in [1.82, 2.24) is 0 Å². The van der Waals surface area contributed by atoms with Crippen LogP contribution in [0, 0.1) is 5.92 Å². The number of ether oxygens (including phenoxy) is 1. The van der Waals surface area contributed by atoms with E-state index in [1.807, 2.05) is 30.3 Å². The van der Waals surface area contributed by atoms with E-state index in [4.69, 9.17) is 0 Å². The third-order valence-electron chi connectivity index (χ3n) is 2.74. The number of rotatable bonds is 3. The summed E-state index contributed by atoms with van der Waals surface area (Å²) in [7, 11) is 1.24. The molecule has 1 aliphatic carbocycles. The quantitative estimate of drug-likeness (QED) is 0.554. The number of carbonyl (C=O) groups is 2. The lowest BCUT2D eigenvalue weighted by Crippen LogP contribution is -2.17. The molecule has 0 amide bonds. The zero-order valence-corrected chi connectivity index (χ0v) is 8.47. The molecule has 15 heavy (non-hydrogen) atoms. The fraction of sp³-hybridized carbons (Fsp3) is 0.333. The number of Topliss-reactive ketones (excluding diaryl/α,β-unsaturated/α-hetero) is 1. The zero-order chi connectivity index (χ0) is 10.8. The molecule has 1 aliphatic rings. The van der Waals surface area contributed by atoms with Crippen LogP contribution in [0.25, 0.3) is 0 Å². The SMILES string of the molecule is COC(=O)C(=O)C1C[C@H]1c1ccccc1. The van der Waals surface area contributed by atoms with E-state index in [1.165, 1.54) is 7.11 Å². The molecular weight excluding hydrogens is 192 g/mol. The summed E-state index contributed by atoms with van der Waals surface area (Å²) in [5.74, 6) is -1.08. The Morgan fingerprint density at radius 2 is 1.93 bits per heavy atom. The number of benzene rings is 1. The second kappa shape index (κ2) is 3.85. The van der Waals surface area contributed by atoms with Crippen LogP contribution in [0.5, 0.6) is 0 Å². The summed E-state index contributed by atoms with van der Waals surface area (Å²) in [6.45, 7) is 0. The van der Waals surface area contributed by atoms with E-state index in [9.17, 15) is 9.59 Å². The Labute approximate surface area is 88.1 Å². The van der Waals surface area contributed by atoms with Gasteiger partial charge in [-0.15, -0.1) is 0 Å². The van der Waals surface area contributed by atoms with Gasteiger partial charge < -0.3 is 4.74 Å². The monoisotopic (exact) mass is 204 g/mol. The minimum absolute atomic E-state index is 0.167. The standard InChI is InChI=1S/C12H12O3/c1-15-12(14)11(13)10-7-9(10)8-5-3-2-4-6-8/h2-6,9-10H,7H2,1H3/t9-,10?/m0/s1. The summed E-state index contributed by atoms with van der Waals surface area (Å²) < 4.78 is 4.41. The summed E-state index contributed by atoms with van der Waals surface area (Å²) in [6, 6.07) is 9.77. The van der Waals surface area contributed by atoms with Gasteiger partial charge >= 0.3 is 5.97 Å². The molecule has 0 saturated heterocycles. The fourth-order valence-electron chi connectivity index (χ4n) is 1.81. The number of methoxy groups -OCH3 is 1. The van der Waals surface area contributed by atoms with Crippen LogP contribution < -0.4 is 0 Å². The van der Waals surface area contributed by atoms with Crippen LogP contribution in [0.2, 0.25) is 0 Å². The minimum atomic E-state index is -0.724. The number of carbonyl (C=O) groups excluding carboxylic acids is 2. The normalized spacial score (nSPS) is 23.3. The molecule has 2 atom stereocenters. The Balaban J connectivity index is 2.03. The largest absolute Gasteiger partial charge is 0.463 e. The van der Waals surface area contributed by atoms with Crippen molar-refractivity contribution < 1.29 is 14.3 Å². The predicted molar refractivity (Wildman–Crippen MR) is 54.3 cm³/mol. The van der Waals surface area contributed by atoms with Crippen molar-refractivity contribution in [3.05, 3.63) is 35.9 Å². The highest BCUT2D eigenvalue weighted by Crippen LogP contribution is 2.47. The van der Waals surface area contributed by atoms with Gasteiger partial charge in [-0.05, 0) is 17.9 Å². The fourth-order valence-corrected chi connectivity index (χ4v) is 1.81. The van der Waals surface area contributed by atoms with Crippen LogP contribution in [0.4, 0.5) is 0 Å². The molecule has 1 saturated carbocycles. The Bertz CT molecular complexity index is 383. The number of hydrogen-bond acceptors (Lipinski definition) is 3. The lowest BCUT2D eigenvalue weighted by atomic mass is 10.1. The van der Waals surface area contributed by atoms with Crippen LogP contribution in [0.3, 0.4) is 0 Å². The van der Waals surface area contributed by atoms with E-state index >= 15 is 0 Å². The molecule has 0 heterocycles. The third kappa shape index (κ3) is 1.91. The van der Waals surface area contributed by atoms with E-state index in [0.717, 1.165) is 12.0 Å². The van der Waals surface area contributed by atoms with Gasteiger partial charge in [-0.25, -0.2) is 4.79 Å². The van der Waals surface area contributed by atoms with E-state index in [1.54, 1.807) is 0 Å². The topological polar surface area (TPSA) is 43.4 Å². The van der Waals surface area contributed by atoms with Gasteiger partial charge in [0.25, 0.3) is 0 Å². The molecule has 3 heteroatoms. The molecule has 2 rings (SSSR count). The first-order valence-corrected chi connectivity index (χ1v) is 4.91. The van der Waals surface area contributed by atoms with E-state index in [2.05, 4.69) is 4.74 Å².